The molecule has 2 aliphatic heterocycles. The van der Waals surface area contributed by atoms with Gasteiger partial charge >= 0.3 is 0 Å². The number of hydrogen-bond acceptors (Lipinski definition) is 4. The lowest BCUT2D eigenvalue weighted by molar-refractivity contribution is 0.123. The number of ether oxygens (including phenoxy) is 1. The number of methoxy groups -OCH3 is 1. The minimum atomic E-state index is 0.805. The van der Waals surface area contributed by atoms with E-state index in [0.29, 0.717) is 0 Å². The summed E-state index contributed by atoms with van der Waals surface area (Å²) in [4.78, 5) is 5.31. The van der Waals surface area contributed by atoms with Crippen molar-refractivity contribution >= 4 is 11.8 Å². The zero-order chi connectivity index (χ0) is 17.5. The summed E-state index contributed by atoms with van der Waals surface area (Å²) in [5.41, 5.74) is 1.43. The minimum Gasteiger partial charge on any atom is -0.497 e. The number of thioether (sulfide) groups is 1. The SMILES string of the molecule is COc1ccc(CCN(CC2CCN(C)CC2)C2CCSCC2)cc1. The second-order valence-electron chi connectivity index (χ2n) is 7.68. The van der Waals surface area contributed by atoms with Crippen molar-refractivity contribution in [2.24, 2.45) is 5.92 Å². The Hall–Kier alpha value is -0.710. The van der Waals surface area contributed by atoms with Crippen molar-refractivity contribution in [3.8, 4) is 5.75 Å². The molecule has 1 aromatic rings. The number of benzene rings is 1. The van der Waals surface area contributed by atoms with Crippen LogP contribution in [0.3, 0.4) is 0 Å². The summed E-state index contributed by atoms with van der Waals surface area (Å²) in [6.07, 6.45) is 6.65. The maximum atomic E-state index is 5.28. The molecule has 0 saturated carbocycles. The lowest BCUT2D eigenvalue weighted by Gasteiger charge is -2.38. The van der Waals surface area contributed by atoms with E-state index in [0.717, 1.165) is 24.1 Å². The smallest absolute Gasteiger partial charge is 0.118 e. The molecule has 0 atom stereocenters. The van der Waals surface area contributed by atoms with Gasteiger partial charge in [-0.1, -0.05) is 12.1 Å². The largest absolute Gasteiger partial charge is 0.497 e. The standard InChI is InChI=1S/C21H34N2OS/c1-22-12-7-19(8-13-22)17-23(20-10-15-25-16-11-20)14-9-18-3-5-21(24-2)6-4-18/h3-6,19-20H,7-17H2,1-2H3. The van der Waals surface area contributed by atoms with Crippen LogP contribution in [0.5, 0.6) is 5.75 Å². The fraction of sp³-hybridized carbons (Fsp3) is 0.714. The fourth-order valence-corrected chi connectivity index (χ4v) is 5.20. The molecule has 4 heteroatoms. The number of piperidine rings is 1. The van der Waals surface area contributed by atoms with E-state index in [1.54, 1.807) is 7.11 Å². The van der Waals surface area contributed by atoms with Crippen LogP contribution in [0, 0.1) is 5.92 Å². The van der Waals surface area contributed by atoms with Gasteiger partial charge in [0.2, 0.25) is 0 Å². The lowest BCUT2D eigenvalue weighted by Crippen LogP contribution is -2.44. The van der Waals surface area contributed by atoms with Gasteiger partial charge in [-0.25, -0.2) is 0 Å². The Morgan fingerprint density at radius 1 is 1.08 bits per heavy atom. The molecule has 0 bridgehead atoms. The van der Waals surface area contributed by atoms with Gasteiger partial charge in [-0.15, -0.1) is 0 Å². The molecule has 2 aliphatic rings. The number of hydrogen-bond donors (Lipinski definition) is 0. The first-order valence-electron chi connectivity index (χ1n) is 9.88. The van der Waals surface area contributed by atoms with Crippen LogP contribution >= 0.6 is 11.8 Å². The second kappa shape index (κ2) is 9.84. The minimum absolute atomic E-state index is 0.805. The molecule has 3 nitrogen and oxygen atoms in total. The highest BCUT2D eigenvalue weighted by Crippen LogP contribution is 2.25. The van der Waals surface area contributed by atoms with Gasteiger partial charge in [0.05, 0.1) is 7.11 Å². The Balaban J connectivity index is 1.56. The maximum Gasteiger partial charge on any atom is 0.118 e. The summed E-state index contributed by atoms with van der Waals surface area (Å²) >= 11 is 2.13. The van der Waals surface area contributed by atoms with Gasteiger partial charge in [0.15, 0.2) is 0 Å². The first-order chi connectivity index (χ1) is 12.2. The molecular formula is C21H34N2OS. The Kier molecular flexibility index (Phi) is 7.50. The van der Waals surface area contributed by atoms with E-state index in [4.69, 9.17) is 4.74 Å². The van der Waals surface area contributed by atoms with Crippen molar-refractivity contribution in [3.63, 3.8) is 0 Å². The van der Waals surface area contributed by atoms with Crippen molar-refractivity contribution in [2.75, 3.05) is 51.8 Å². The van der Waals surface area contributed by atoms with E-state index < -0.39 is 0 Å². The highest BCUT2D eigenvalue weighted by Gasteiger charge is 2.25. The van der Waals surface area contributed by atoms with E-state index in [1.807, 2.05) is 0 Å². The van der Waals surface area contributed by atoms with Gasteiger partial charge < -0.3 is 9.64 Å². The van der Waals surface area contributed by atoms with Crippen molar-refractivity contribution in [1.82, 2.24) is 9.80 Å². The predicted molar refractivity (Wildman–Crippen MR) is 109 cm³/mol. The Bertz CT molecular complexity index is 493. The van der Waals surface area contributed by atoms with Gasteiger partial charge in [-0.3, -0.25) is 4.90 Å². The van der Waals surface area contributed by atoms with Crippen LogP contribution in [0.4, 0.5) is 0 Å². The van der Waals surface area contributed by atoms with Gasteiger partial charge in [0.1, 0.15) is 5.75 Å². The molecule has 0 aromatic heterocycles. The highest BCUT2D eigenvalue weighted by atomic mass is 32.2. The Labute approximate surface area is 158 Å². The van der Waals surface area contributed by atoms with Crippen molar-refractivity contribution in [2.45, 2.75) is 38.1 Å². The quantitative estimate of drug-likeness (QED) is 0.733. The summed E-state index contributed by atoms with van der Waals surface area (Å²) in [6.45, 7) is 5.06. The average Bonchev–Trinajstić information content (AvgIpc) is 2.68. The van der Waals surface area contributed by atoms with E-state index in [9.17, 15) is 0 Å². The van der Waals surface area contributed by atoms with Gasteiger partial charge in [0, 0.05) is 19.1 Å². The first kappa shape index (κ1) is 19.1. The number of nitrogens with zero attached hydrogens (tertiary/aromatic N) is 2. The van der Waals surface area contributed by atoms with Crippen LogP contribution < -0.4 is 4.74 Å². The summed E-state index contributed by atoms with van der Waals surface area (Å²) in [6, 6.07) is 9.44. The summed E-state index contributed by atoms with van der Waals surface area (Å²) < 4.78 is 5.28. The molecule has 0 N–H and O–H groups in total. The third kappa shape index (κ3) is 5.90. The van der Waals surface area contributed by atoms with Crippen LogP contribution in [0.2, 0.25) is 0 Å². The van der Waals surface area contributed by atoms with Crippen LogP contribution in [0.25, 0.3) is 0 Å². The molecule has 3 rings (SSSR count). The lowest BCUT2D eigenvalue weighted by atomic mass is 9.95. The molecule has 140 valence electrons. The molecule has 2 fully saturated rings. The topological polar surface area (TPSA) is 15.7 Å². The zero-order valence-corrected chi connectivity index (χ0v) is 16.8. The average molecular weight is 363 g/mol. The first-order valence-corrected chi connectivity index (χ1v) is 11.0. The summed E-state index contributed by atoms with van der Waals surface area (Å²) in [7, 11) is 4.00. The summed E-state index contributed by atoms with van der Waals surface area (Å²) in [5.74, 6) is 4.53. The molecule has 2 heterocycles. The van der Waals surface area contributed by atoms with Crippen LogP contribution in [-0.4, -0.2) is 67.7 Å². The Morgan fingerprint density at radius 2 is 1.76 bits per heavy atom. The van der Waals surface area contributed by atoms with E-state index in [1.165, 1.54) is 68.9 Å². The van der Waals surface area contributed by atoms with Crippen molar-refractivity contribution in [1.29, 1.82) is 0 Å². The zero-order valence-electron chi connectivity index (χ0n) is 16.0. The molecule has 0 unspecified atom stereocenters. The number of rotatable bonds is 7. The van der Waals surface area contributed by atoms with Crippen molar-refractivity contribution in [3.05, 3.63) is 29.8 Å². The molecule has 2 saturated heterocycles. The fourth-order valence-electron chi connectivity index (χ4n) is 4.11. The van der Waals surface area contributed by atoms with E-state index in [-0.39, 0.29) is 0 Å². The highest BCUT2D eigenvalue weighted by molar-refractivity contribution is 7.99. The summed E-state index contributed by atoms with van der Waals surface area (Å²) in [5, 5.41) is 0. The van der Waals surface area contributed by atoms with E-state index >= 15 is 0 Å². The third-order valence-corrected chi connectivity index (χ3v) is 6.93. The molecule has 0 amide bonds. The second-order valence-corrected chi connectivity index (χ2v) is 8.91. The molecule has 25 heavy (non-hydrogen) atoms. The van der Waals surface area contributed by atoms with Crippen LogP contribution in [0.1, 0.15) is 31.2 Å². The third-order valence-electron chi connectivity index (χ3n) is 5.88. The molecule has 0 aliphatic carbocycles. The molecule has 1 aromatic carbocycles. The van der Waals surface area contributed by atoms with Crippen LogP contribution in [-0.2, 0) is 6.42 Å². The van der Waals surface area contributed by atoms with Crippen LogP contribution in [0.15, 0.2) is 24.3 Å². The normalized spacial score (nSPS) is 20.9. The van der Waals surface area contributed by atoms with Crippen molar-refractivity contribution < 1.29 is 4.74 Å². The van der Waals surface area contributed by atoms with E-state index in [2.05, 4.69) is 52.9 Å². The van der Waals surface area contributed by atoms with Gasteiger partial charge in [-0.05, 0) is 87.4 Å². The molecule has 0 radical (unpaired) electrons. The molecular weight excluding hydrogens is 328 g/mol. The maximum absolute atomic E-state index is 5.28. The molecule has 0 spiro atoms. The predicted octanol–water partition coefficient (Wildman–Crippen LogP) is 3.78. The monoisotopic (exact) mass is 362 g/mol. The van der Waals surface area contributed by atoms with Gasteiger partial charge in [-0.2, -0.15) is 11.8 Å². The van der Waals surface area contributed by atoms with Gasteiger partial charge in [0.25, 0.3) is 0 Å². The number of likely N-dealkylation sites (tertiary alicyclic amines) is 1. The Morgan fingerprint density at radius 3 is 2.40 bits per heavy atom.